The molecule has 1 nitrogen and oxygen atoms in total. The van der Waals surface area contributed by atoms with Crippen molar-refractivity contribution >= 4 is 0 Å². The van der Waals surface area contributed by atoms with Crippen LogP contribution in [0.3, 0.4) is 0 Å². The molecule has 2 bridgehead atoms. The quantitative estimate of drug-likeness (QED) is 0.624. The second kappa shape index (κ2) is 3.26. The number of aryl methyl sites for hydroxylation is 1. The van der Waals surface area contributed by atoms with Crippen LogP contribution in [0.4, 0.5) is 0 Å². The highest BCUT2D eigenvalue weighted by Gasteiger charge is 2.34. The van der Waals surface area contributed by atoms with Gasteiger partial charge in [-0.05, 0) is 38.2 Å². The van der Waals surface area contributed by atoms with Gasteiger partial charge < -0.3 is 4.42 Å². The summed E-state index contributed by atoms with van der Waals surface area (Å²) in [6.07, 6.45) is 8.67. The highest BCUT2D eigenvalue weighted by Crippen LogP contribution is 2.47. The van der Waals surface area contributed by atoms with Crippen LogP contribution >= 0.6 is 0 Å². The maximum Gasteiger partial charge on any atom is 0.111 e. The molecule has 3 aliphatic rings. The Morgan fingerprint density at radius 1 is 1.33 bits per heavy atom. The first kappa shape index (κ1) is 9.26. The van der Waals surface area contributed by atoms with Crippen molar-refractivity contribution in [3.05, 3.63) is 35.3 Å². The monoisotopic (exact) mass is 202 g/mol. The minimum atomic E-state index is 0.623. The summed E-state index contributed by atoms with van der Waals surface area (Å²) >= 11 is 0. The molecule has 0 fully saturated rings. The fraction of sp³-hybridized carbons (Fsp3) is 0.571. The third kappa shape index (κ3) is 1.29. The van der Waals surface area contributed by atoms with Crippen molar-refractivity contribution in [3.63, 3.8) is 0 Å². The third-order valence-electron chi connectivity index (χ3n) is 4.01. The Hall–Kier alpha value is -0.980. The van der Waals surface area contributed by atoms with Crippen molar-refractivity contribution in [3.8, 4) is 0 Å². The van der Waals surface area contributed by atoms with Crippen LogP contribution in [-0.2, 0) is 0 Å². The van der Waals surface area contributed by atoms with Gasteiger partial charge in [-0.15, -0.1) is 0 Å². The molecule has 80 valence electrons. The molecule has 1 aromatic heterocycles. The minimum absolute atomic E-state index is 0.623. The zero-order valence-corrected chi connectivity index (χ0v) is 9.49. The van der Waals surface area contributed by atoms with Crippen LogP contribution in [0, 0.1) is 12.8 Å². The van der Waals surface area contributed by atoms with Crippen LogP contribution in [0.1, 0.15) is 55.1 Å². The number of hydrogen-bond donors (Lipinski definition) is 0. The van der Waals surface area contributed by atoms with E-state index >= 15 is 0 Å². The van der Waals surface area contributed by atoms with Crippen LogP contribution in [0.2, 0.25) is 0 Å². The number of allylic oxidation sites excluding steroid dienone is 2. The van der Waals surface area contributed by atoms with Gasteiger partial charge in [-0.3, -0.25) is 0 Å². The molecule has 0 saturated heterocycles. The molecule has 0 N–H and O–H groups in total. The number of hydrogen-bond acceptors (Lipinski definition) is 1. The molecule has 15 heavy (non-hydrogen) atoms. The third-order valence-corrected chi connectivity index (χ3v) is 4.01. The fourth-order valence-corrected chi connectivity index (χ4v) is 3.25. The number of fused-ring (bicyclic) bond motifs is 1. The maximum absolute atomic E-state index is 5.93. The van der Waals surface area contributed by atoms with E-state index in [1.807, 2.05) is 0 Å². The molecule has 1 heterocycles. The summed E-state index contributed by atoms with van der Waals surface area (Å²) in [6, 6.07) is 2.25. The second-order valence-corrected chi connectivity index (χ2v) is 4.92. The molecule has 4 rings (SSSR count). The Labute approximate surface area is 91.2 Å². The summed E-state index contributed by atoms with van der Waals surface area (Å²) in [5, 5.41) is 0. The van der Waals surface area contributed by atoms with Crippen molar-refractivity contribution in [2.45, 2.75) is 44.9 Å². The average molecular weight is 202 g/mol. The zero-order valence-electron chi connectivity index (χ0n) is 9.49. The summed E-state index contributed by atoms with van der Waals surface area (Å²) in [4.78, 5) is 0. The van der Waals surface area contributed by atoms with E-state index in [1.54, 1.807) is 0 Å². The molecule has 0 radical (unpaired) electrons. The lowest BCUT2D eigenvalue weighted by Gasteiger charge is -2.21. The molecule has 0 spiro atoms. The molecule has 1 heteroatoms. The van der Waals surface area contributed by atoms with Gasteiger partial charge >= 0.3 is 0 Å². The van der Waals surface area contributed by atoms with Crippen molar-refractivity contribution in [1.29, 1.82) is 0 Å². The van der Waals surface area contributed by atoms with E-state index in [9.17, 15) is 0 Å². The topological polar surface area (TPSA) is 13.1 Å². The second-order valence-electron chi connectivity index (χ2n) is 4.92. The van der Waals surface area contributed by atoms with Gasteiger partial charge in [0.1, 0.15) is 11.5 Å². The predicted molar refractivity (Wildman–Crippen MR) is 61.1 cm³/mol. The van der Waals surface area contributed by atoms with E-state index in [0.717, 1.165) is 11.7 Å². The summed E-state index contributed by atoms with van der Waals surface area (Å²) in [7, 11) is 0. The van der Waals surface area contributed by atoms with E-state index in [2.05, 4.69) is 32.1 Å². The van der Waals surface area contributed by atoms with Gasteiger partial charge in [-0.1, -0.05) is 19.1 Å². The van der Waals surface area contributed by atoms with E-state index in [1.165, 1.54) is 30.6 Å². The fourth-order valence-electron chi connectivity index (χ4n) is 3.25. The Morgan fingerprint density at radius 2 is 2.20 bits per heavy atom. The van der Waals surface area contributed by atoms with Crippen LogP contribution in [-0.4, -0.2) is 0 Å². The highest BCUT2D eigenvalue weighted by atomic mass is 16.3. The lowest BCUT2D eigenvalue weighted by molar-refractivity contribution is 0.372. The molecular weight excluding hydrogens is 184 g/mol. The van der Waals surface area contributed by atoms with E-state index < -0.39 is 0 Å². The molecular formula is C14H18O. The molecule has 0 amide bonds. The highest BCUT2D eigenvalue weighted by molar-refractivity contribution is 5.36. The van der Waals surface area contributed by atoms with Gasteiger partial charge in [0.25, 0.3) is 0 Å². The smallest absolute Gasteiger partial charge is 0.111 e. The molecule has 0 aromatic carbocycles. The first-order chi connectivity index (χ1) is 7.29. The van der Waals surface area contributed by atoms with Gasteiger partial charge in [-0.25, -0.2) is 0 Å². The van der Waals surface area contributed by atoms with E-state index in [0.29, 0.717) is 11.8 Å². The Kier molecular flexibility index (Phi) is 2.01. The van der Waals surface area contributed by atoms with Crippen LogP contribution in [0.15, 0.2) is 22.6 Å². The Morgan fingerprint density at radius 3 is 2.87 bits per heavy atom. The van der Waals surface area contributed by atoms with Crippen LogP contribution in [0.5, 0.6) is 0 Å². The number of furan rings is 1. The van der Waals surface area contributed by atoms with Crippen molar-refractivity contribution in [2.24, 2.45) is 5.92 Å². The lowest BCUT2D eigenvalue weighted by atomic mass is 9.83. The zero-order chi connectivity index (χ0) is 10.4. The standard InChI is InChI=1S/C14H18O/c1-3-12-10-4-6-11(7-5-10)13-8-9(2)15-14(12)13/h4,6,8,10-12H,3,5,7H2,1-2H3/t10?,11?,12-/m1/s1. The van der Waals surface area contributed by atoms with Gasteiger partial charge in [0.15, 0.2) is 0 Å². The van der Waals surface area contributed by atoms with Crippen LogP contribution < -0.4 is 0 Å². The molecule has 0 saturated carbocycles. The molecule has 3 aliphatic carbocycles. The summed E-state index contributed by atoms with van der Waals surface area (Å²) in [6.45, 7) is 4.34. The Bertz CT molecular complexity index is 399. The summed E-state index contributed by atoms with van der Waals surface area (Å²) in [5.74, 6) is 4.34. The van der Waals surface area contributed by atoms with Crippen molar-refractivity contribution in [1.82, 2.24) is 0 Å². The maximum atomic E-state index is 5.93. The van der Waals surface area contributed by atoms with E-state index in [4.69, 9.17) is 4.42 Å². The predicted octanol–water partition coefficient (Wildman–Crippen LogP) is 4.15. The van der Waals surface area contributed by atoms with Crippen molar-refractivity contribution in [2.75, 3.05) is 0 Å². The normalized spacial score (nSPS) is 32.8. The summed E-state index contributed by atoms with van der Waals surface area (Å²) in [5.41, 5.74) is 1.47. The molecule has 1 aromatic rings. The first-order valence-electron chi connectivity index (χ1n) is 6.08. The van der Waals surface area contributed by atoms with Gasteiger partial charge in [0, 0.05) is 17.4 Å². The van der Waals surface area contributed by atoms with Gasteiger partial charge in [-0.2, -0.15) is 0 Å². The largest absolute Gasteiger partial charge is 0.466 e. The number of rotatable bonds is 1. The average Bonchev–Trinajstić information content (AvgIpc) is 2.51. The summed E-state index contributed by atoms with van der Waals surface area (Å²) < 4.78 is 5.93. The Balaban J connectivity index is 2.16. The van der Waals surface area contributed by atoms with Crippen molar-refractivity contribution < 1.29 is 4.42 Å². The minimum Gasteiger partial charge on any atom is -0.466 e. The van der Waals surface area contributed by atoms with E-state index in [-0.39, 0.29) is 0 Å². The van der Waals surface area contributed by atoms with Crippen LogP contribution in [0.25, 0.3) is 0 Å². The lowest BCUT2D eigenvalue weighted by Crippen LogP contribution is -2.09. The van der Waals surface area contributed by atoms with Gasteiger partial charge in [0.05, 0.1) is 0 Å². The molecule has 3 atom stereocenters. The first-order valence-corrected chi connectivity index (χ1v) is 6.08. The SMILES string of the molecule is CC[C@H]1c2oc(C)cc2C2C=CC1CC2. The van der Waals surface area contributed by atoms with Gasteiger partial charge in [0.2, 0.25) is 0 Å². The molecule has 0 aliphatic heterocycles. The molecule has 2 unspecified atom stereocenters.